The van der Waals surface area contributed by atoms with Crippen LogP contribution in [0.25, 0.3) is 0 Å². The van der Waals surface area contributed by atoms with E-state index in [9.17, 15) is 24.5 Å². The van der Waals surface area contributed by atoms with Crippen molar-refractivity contribution in [3.63, 3.8) is 0 Å². The van der Waals surface area contributed by atoms with Gasteiger partial charge >= 0.3 is 6.03 Å². The van der Waals surface area contributed by atoms with Gasteiger partial charge in [-0.3, -0.25) is 25.0 Å². The summed E-state index contributed by atoms with van der Waals surface area (Å²) in [6.07, 6.45) is 1.34. The number of imide groups is 2. The number of halogens is 1. The van der Waals surface area contributed by atoms with Crippen LogP contribution >= 0.6 is 11.6 Å². The first-order valence-corrected chi connectivity index (χ1v) is 10.2. The number of amides is 4. The van der Waals surface area contributed by atoms with Crippen LogP contribution in [-0.2, 0) is 16.0 Å². The number of non-ortho nitro benzene ring substituents is 1. The number of anilines is 2. The summed E-state index contributed by atoms with van der Waals surface area (Å²) < 4.78 is 0. The van der Waals surface area contributed by atoms with Crippen molar-refractivity contribution in [1.82, 2.24) is 5.32 Å². The third-order valence-corrected chi connectivity index (χ3v) is 6.62. The van der Waals surface area contributed by atoms with Crippen molar-refractivity contribution in [2.45, 2.75) is 25.3 Å². The average Bonchev–Trinajstić information content (AvgIpc) is 3.23. The zero-order valence-electron chi connectivity index (χ0n) is 16.2. The minimum atomic E-state index is -1.56. The predicted molar refractivity (Wildman–Crippen MR) is 112 cm³/mol. The van der Waals surface area contributed by atoms with Crippen LogP contribution in [0.5, 0.6) is 0 Å². The molecule has 2 saturated heterocycles. The van der Waals surface area contributed by atoms with E-state index in [1.165, 1.54) is 24.3 Å². The van der Waals surface area contributed by atoms with Crippen LogP contribution in [0.3, 0.4) is 0 Å². The van der Waals surface area contributed by atoms with Crippen molar-refractivity contribution in [1.29, 1.82) is 0 Å². The lowest BCUT2D eigenvalue weighted by Gasteiger charge is -2.49. The fourth-order valence-corrected chi connectivity index (χ4v) is 5.15. The zero-order valence-corrected chi connectivity index (χ0v) is 17.0. The molecular weight excluding hydrogens is 424 g/mol. The molecule has 0 aliphatic carbocycles. The van der Waals surface area contributed by atoms with Gasteiger partial charge < -0.3 is 4.90 Å². The summed E-state index contributed by atoms with van der Waals surface area (Å²) in [4.78, 5) is 53.4. The molecule has 2 atom stereocenters. The monoisotopic (exact) mass is 440 g/mol. The lowest BCUT2D eigenvalue weighted by molar-refractivity contribution is -0.384. The first-order chi connectivity index (χ1) is 14.8. The van der Waals surface area contributed by atoms with E-state index in [-0.39, 0.29) is 12.1 Å². The van der Waals surface area contributed by atoms with Gasteiger partial charge in [0, 0.05) is 35.8 Å². The summed E-state index contributed by atoms with van der Waals surface area (Å²) in [5.74, 6) is -1.29. The van der Waals surface area contributed by atoms with Gasteiger partial charge in [-0.2, -0.15) is 0 Å². The number of nitro benzene ring substituents is 1. The number of rotatable bonds is 2. The minimum Gasteiger partial charge on any atom is -0.367 e. The molecule has 10 heteroatoms. The van der Waals surface area contributed by atoms with E-state index in [1.807, 2.05) is 4.90 Å². The maximum absolute atomic E-state index is 13.8. The zero-order chi connectivity index (χ0) is 21.9. The highest BCUT2D eigenvalue weighted by atomic mass is 35.5. The Labute approximate surface area is 181 Å². The number of carbonyl (C=O) groups excluding carboxylic acids is 3. The number of barbiturate groups is 1. The van der Waals surface area contributed by atoms with E-state index >= 15 is 0 Å². The van der Waals surface area contributed by atoms with Gasteiger partial charge in [0.2, 0.25) is 5.91 Å². The lowest BCUT2D eigenvalue weighted by Crippen LogP contribution is -2.71. The normalized spacial score (nSPS) is 24.8. The molecule has 1 spiro atoms. The summed E-state index contributed by atoms with van der Waals surface area (Å²) >= 11 is 5.94. The summed E-state index contributed by atoms with van der Waals surface area (Å²) in [5.41, 5.74) is -0.0451. The quantitative estimate of drug-likeness (QED) is 0.436. The molecule has 2 aromatic rings. The van der Waals surface area contributed by atoms with Crippen molar-refractivity contribution in [3.8, 4) is 0 Å². The molecule has 3 aliphatic rings. The van der Waals surface area contributed by atoms with Gasteiger partial charge in [-0.05, 0) is 48.7 Å². The maximum atomic E-state index is 13.8. The van der Waals surface area contributed by atoms with Crippen LogP contribution < -0.4 is 15.1 Å². The van der Waals surface area contributed by atoms with Crippen molar-refractivity contribution in [2.24, 2.45) is 5.41 Å². The number of benzene rings is 2. The van der Waals surface area contributed by atoms with Crippen LogP contribution in [0.1, 0.15) is 18.4 Å². The van der Waals surface area contributed by atoms with E-state index in [0.717, 1.165) is 17.0 Å². The molecule has 158 valence electrons. The highest BCUT2D eigenvalue weighted by molar-refractivity contribution is 6.32. The Morgan fingerprint density at radius 2 is 1.87 bits per heavy atom. The second-order valence-corrected chi connectivity index (χ2v) is 8.38. The summed E-state index contributed by atoms with van der Waals surface area (Å²) in [6.45, 7) is 0.618. The SMILES string of the molecule is O=C1NC(=O)[C@@]2(Cc3cc([N+](=O)[O-])ccc3N3CCC[C@@H]32)C(=O)N1c1ccc(Cl)cc1. The highest BCUT2D eigenvalue weighted by Gasteiger charge is 2.63. The van der Waals surface area contributed by atoms with Gasteiger partial charge in [-0.1, -0.05) is 11.6 Å². The predicted octanol–water partition coefficient (Wildman–Crippen LogP) is 3.04. The molecule has 1 N–H and O–H groups in total. The van der Waals surface area contributed by atoms with Gasteiger partial charge in [-0.25, -0.2) is 9.69 Å². The first kappa shape index (κ1) is 19.5. The largest absolute Gasteiger partial charge is 0.367 e. The van der Waals surface area contributed by atoms with Crippen molar-refractivity contribution < 1.29 is 19.3 Å². The molecule has 0 radical (unpaired) electrons. The number of hydrogen-bond acceptors (Lipinski definition) is 6. The van der Waals surface area contributed by atoms with Gasteiger partial charge in [0.1, 0.15) is 0 Å². The number of nitro groups is 1. The maximum Gasteiger partial charge on any atom is 0.335 e. The number of hydrogen-bond donors (Lipinski definition) is 1. The van der Waals surface area contributed by atoms with E-state index in [1.54, 1.807) is 18.2 Å². The highest BCUT2D eigenvalue weighted by Crippen LogP contribution is 2.49. The Kier molecular flexibility index (Phi) is 4.26. The molecule has 9 nitrogen and oxygen atoms in total. The first-order valence-electron chi connectivity index (χ1n) is 9.82. The molecule has 2 aromatic carbocycles. The molecule has 3 heterocycles. The fraction of sp³-hybridized carbons (Fsp3) is 0.286. The Bertz CT molecular complexity index is 1150. The van der Waals surface area contributed by atoms with Crippen molar-refractivity contribution >= 4 is 46.5 Å². The molecule has 0 bridgehead atoms. The molecule has 2 fully saturated rings. The van der Waals surface area contributed by atoms with Crippen molar-refractivity contribution in [2.75, 3.05) is 16.3 Å². The Hall–Kier alpha value is -3.46. The molecule has 0 aromatic heterocycles. The molecule has 0 unspecified atom stereocenters. The molecular formula is C21H17ClN4O5. The number of carbonyl (C=O) groups is 3. The van der Waals surface area contributed by atoms with Crippen LogP contribution in [-0.4, -0.2) is 35.4 Å². The smallest absolute Gasteiger partial charge is 0.335 e. The van der Waals surface area contributed by atoms with E-state index in [2.05, 4.69) is 5.32 Å². The molecule has 5 rings (SSSR count). The number of fused-ring (bicyclic) bond motifs is 4. The van der Waals surface area contributed by atoms with Gasteiger partial charge in [0.15, 0.2) is 5.41 Å². The Morgan fingerprint density at radius 1 is 1.13 bits per heavy atom. The lowest BCUT2D eigenvalue weighted by atomic mass is 9.68. The number of nitrogens with zero attached hydrogens (tertiary/aromatic N) is 3. The molecule has 31 heavy (non-hydrogen) atoms. The van der Waals surface area contributed by atoms with Crippen molar-refractivity contribution in [3.05, 3.63) is 63.2 Å². The summed E-state index contributed by atoms with van der Waals surface area (Å²) in [5, 5.41) is 14.1. The van der Waals surface area contributed by atoms with Crippen LogP contribution in [0.2, 0.25) is 5.02 Å². The van der Waals surface area contributed by atoms with Crippen LogP contribution in [0.4, 0.5) is 21.9 Å². The molecule has 4 amide bonds. The van der Waals surface area contributed by atoms with Crippen LogP contribution in [0.15, 0.2) is 42.5 Å². The number of urea groups is 1. The summed E-state index contributed by atoms with van der Waals surface area (Å²) in [6, 6.07) is 9.44. The molecule has 0 saturated carbocycles. The minimum absolute atomic E-state index is 0.0206. The fourth-order valence-electron chi connectivity index (χ4n) is 5.02. The van der Waals surface area contributed by atoms with E-state index < -0.39 is 34.2 Å². The third-order valence-electron chi connectivity index (χ3n) is 6.37. The third kappa shape index (κ3) is 2.73. The Morgan fingerprint density at radius 3 is 2.58 bits per heavy atom. The second kappa shape index (κ2) is 6.78. The van der Waals surface area contributed by atoms with E-state index in [4.69, 9.17) is 11.6 Å². The van der Waals surface area contributed by atoms with Crippen LogP contribution in [0, 0.1) is 15.5 Å². The summed E-state index contributed by atoms with van der Waals surface area (Å²) in [7, 11) is 0. The standard InChI is InChI=1S/C21H17ClN4O5/c22-13-3-5-14(6-4-13)25-19(28)21(18(27)23-20(25)29)11-12-10-15(26(30)31)7-8-16(12)24-9-1-2-17(21)24/h3-8,10,17H,1-2,9,11H2,(H,23,27,29)/t17-,21+/m1/s1. The van der Waals surface area contributed by atoms with Gasteiger partial charge in [-0.15, -0.1) is 0 Å². The van der Waals surface area contributed by atoms with Gasteiger partial charge in [0.05, 0.1) is 16.7 Å². The molecule has 3 aliphatic heterocycles. The number of nitrogens with one attached hydrogen (secondary N) is 1. The second-order valence-electron chi connectivity index (χ2n) is 7.95. The average molecular weight is 441 g/mol. The van der Waals surface area contributed by atoms with Gasteiger partial charge in [0.25, 0.3) is 11.6 Å². The Balaban J connectivity index is 1.66. The topological polar surface area (TPSA) is 113 Å². The van der Waals surface area contributed by atoms with E-state index in [0.29, 0.717) is 29.2 Å².